The van der Waals surface area contributed by atoms with E-state index in [2.05, 4.69) is 194 Å². The Labute approximate surface area is 298 Å². The third-order valence-electron chi connectivity index (χ3n) is 11.6. The summed E-state index contributed by atoms with van der Waals surface area (Å²) >= 11 is 0. The van der Waals surface area contributed by atoms with Crippen molar-refractivity contribution in [2.45, 2.75) is 10.8 Å². The fourth-order valence-electron chi connectivity index (χ4n) is 9.66. The molecule has 0 radical (unpaired) electrons. The Morgan fingerprint density at radius 1 is 0.275 bits per heavy atom. The third-order valence-corrected chi connectivity index (χ3v) is 11.6. The zero-order chi connectivity index (χ0) is 33.6. The summed E-state index contributed by atoms with van der Waals surface area (Å²) in [5.74, 6) is 1.81. The summed E-state index contributed by atoms with van der Waals surface area (Å²) in [4.78, 5) is 0. The van der Waals surface area contributed by atoms with Gasteiger partial charge < -0.3 is 4.74 Å². The van der Waals surface area contributed by atoms with Gasteiger partial charge in [0.15, 0.2) is 0 Å². The lowest BCUT2D eigenvalue weighted by Gasteiger charge is -2.39. The number of fused-ring (bicyclic) bond motifs is 12. The summed E-state index contributed by atoms with van der Waals surface area (Å²) < 4.78 is 6.88. The van der Waals surface area contributed by atoms with Crippen LogP contribution in [0.15, 0.2) is 194 Å². The van der Waals surface area contributed by atoms with Gasteiger partial charge in [-0.1, -0.05) is 176 Å². The Balaban J connectivity index is 1.15. The molecule has 0 aromatic heterocycles. The molecule has 0 saturated carbocycles. The van der Waals surface area contributed by atoms with Crippen molar-refractivity contribution in [3.8, 4) is 44.9 Å². The zero-order valence-electron chi connectivity index (χ0n) is 27.9. The molecule has 0 fully saturated rings. The van der Waals surface area contributed by atoms with E-state index in [0.29, 0.717) is 0 Å². The van der Waals surface area contributed by atoms with Gasteiger partial charge in [0.05, 0.1) is 10.8 Å². The molecule has 0 amide bonds. The first-order valence-corrected chi connectivity index (χ1v) is 17.8. The van der Waals surface area contributed by atoms with Crippen molar-refractivity contribution in [2.24, 2.45) is 0 Å². The first-order valence-electron chi connectivity index (χ1n) is 17.8. The summed E-state index contributed by atoms with van der Waals surface area (Å²) in [5.41, 5.74) is 16.7. The molecule has 0 saturated heterocycles. The van der Waals surface area contributed by atoms with E-state index in [9.17, 15) is 0 Å². The predicted octanol–water partition coefficient (Wildman–Crippen LogP) is 12.2. The molecule has 11 rings (SSSR count). The molecule has 2 aliphatic carbocycles. The van der Waals surface area contributed by atoms with Crippen LogP contribution < -0.4 is 4.74 Å². The summed E-state index contributed by atoms with van der Waals surface area (Å²) in [6.07, 6.45) is 0. The Morgan fingerprint density at radius 3 is 1.31 bits per heavy atom. The van der Waals surface area contributed by atoms with Crippen LogP contribution in [0.25, 0.3) is 33.4 Å². The summed E-state index contributed by atoms with van der Waals surface area (Å²) in [6.45, 7) is 0. The maximum absolute atomic E-state index is 6.88. The average molecular weight is 649 g/mol. The molecule has 0 N–H and O–H groups in total. The maximum Gasteiger partial charge on any atom is 0.132 e. The van der Waals surface area contributed by atoms with Crippen molar-refractivity contribution < 1.29 is 4.74 Å². The van der Waals surface area contributed by atoms with Crippen LogP contribution in [-0.4, -0.2) is 0 Å². The van der Waals surface area contributed by atoms with Crippen LogP contribution in [0.1, 0.15) is 44.5 Å². The van der Waals surface area contributed by atoms with Gasteiger partial charge in [-0.15, -0.1) is 0 Å². The highest BCUT2D eigenvalue weighted by molar-refractivity contribution is 5.91. The molecule has 8 aromatic carbocycles. The van der Waals surface area contributed by atoms with E-state index in [1.807, 2.05) is 0 Å². The van der Waals surface area contributed by atoms with E-state index in [1.54, 1.807) is 0 Å². The van der Waals surface area contributed by atoms with Gasteiger partial charge in [0, 0.05) is 11.1 Å². The minimum absolute atomic E-state index is 0.449. The molecule has 51 heavy (non-hydrogen) atoms. The van der Waals surface area contributed by atoms with Crippen LogP contribution >= 0.6 is 0 Å². The molecule has 0 unspecified atom stereocenters. The monoisotopic (exact) mass is 648 g/mol. The third kappa shape index (κ3) is 3.65. The topological polar surface area (TPSA) is 9.23 Å². The SMILES string of the molecule is c1ccc(C2(c3ccccc3)c3ccccc3-c3ccc(-c4ccc5c(c4)Oc4ccccc4C54c5ccccc5-c5ccccc54)cc32)cc1. The molecular formula is C50H32O. The lowest BCUT2D eigenvalue weighted by atomic mass is 9.66. The molecule has 1 nitrogen and oxygen atoms in total. The lowest BCUT2D eigenvalue weighted by molar-refractivity contribution is 0.436. The van der Waals surface area contributed by atoms with Crippen molar-refractivity contribution in [3.63, 3.8) is 0 Å². The minimum Gasteiger partial charge on any atom is -0.457 e. The summed E-state index contributed by atoms with van der Waals surface area (Å²) in [6, 6.07) is 71.3. The molecule has 3 aliphatic rings. The van der Waals surface area contributed by atoms with Crippen LogP contribution in [0.3, 0.4) is 0 Å². The first kappa shape index (κ1) is 28.4. The highest BCUT2D eigenvalue weighted by Crippen LogP contribution is 2.62. The van der Waals surface area contributed by atoms with E-state index in [1.165, 1.54) is 72.3 Å². The number of ether oxygens (including phenoxy) is 1. The molecule has 1 heteroatoms. The second-order valence-corrected chi connectivity index (χ2v) is 13.9. The number of benzene rings is 8. The first-order chi connectivity index (χ1) is 25.3. The number of para-hydroxylation sites is 1. The van der Waals surface area contributed by atoms with E-state index < -0.39 is 10.8 Å². The van der Waals surface area contributed by atoms with E-state index >= 15 is 0 Å². The van der Waals surface area contributed by atoms with Gasteiger partial charge in [0.1, 0.15) is 11.5 Å². The maximum atomic E-state index is 6.88. The Kier molecular flexibility index (Phi) is 5.86. The van der Waals surface area contributed by atoms with Gasteiger partial charge in [-0.2, -0.15) is 0 Å². The van der Waals surface area contributed by atoms with Gasteiger partial charge in [-0.3, -0.25) is 0 Å². The summed E-state index contributed by atoms with van der Waals surface area (Å²) in [5, 5.41) is 0. The van der Waals surface area contributed by atoms with Crippen LogP contribution in [-0.2, 0) is 10.8 Å². The van der Waals surface area contributed by atoms with Crippen molar-refractivity contribution in [1.29, 1.82) is 0 Å². The Morgan fingerprint density at radius 2 is 0.706 bits per heavy atom. The Hall–Kier alpha value is -6.44. The normalized spacial score (nSPS) is 14.7. The van der Waals surface area contributed by atoms with Crippen LogP contribution in [0.5, 0.6) is 11.5 Å². The van der Waals surface area contributed by atoms with E-state index in [4.69, 9.17) is 4.74 Å². The largest absolute Gasteiger partial charge is 0.457 e. The number of hydrogen-bond acceptors (Lipinski definition) is 1. The summed E-state index contributed by atoms with van der Waals surface area (Å²) in [7, 11) is 0. The second-order valence-electron chi connectivity index (χ2n) is 13.9. The van der Waals surface area contributed by atoms with E-state index in [-0.39, 0.29) is 0 Å². The second kappa shape index (κ2) is 10.5. The fourth-order valence-corrected chi connectivity index (χ4v) is 9.66. The standard InChI is InChI=1S/C50H32O/c1-3-15-35(16-4-1)49(36-17-5-2-6-18-36)41-22-10-7-21-39(41)40-29-27-33(31-46(40)49)34-28-30-45-48(32-34)51-47-26-14-13-25-44(47)50(45)42-23-11-8-19-37(42)38-20-9-12-24-43(38)50/h1-32H. The highest BCUT2D eigenvalue weighted by Gasteiger charge is 2.51. The molecule has 0 atom stereocenters. The molecule has 1 heterocycles. The molecule has 1 aliphatic heterocycles. The molecule has 0 bridgehead atoms. The lowest BCUT2D eigenvalue weighted by Crippen LogP contribution is -2.32. The quantitative estimate of drug-likeness (QED) is 0.185. The fraction of sp³-hybridized carbons (Fsp3) is 0.0400. The molecule has 1 spiro atoms. The van der Waals surface area contributed by atoms with Crippen molar-refractivity contribution in [3.05, 3.63) is 239 Å². The molecule has 8 aromatic rings. The smallest absolute Gasteiger partial charge is 0.132 e. The van der Waals surface area contributed by atoms with Gasteiger partial charge in [-0.25, -0.2) is 0 Å². The number of rotatable bonds is 3. The van der Waals surface area contributed by atoms with Crippen molar-refractivity contribution >= 4 is 0 Å². The van der Waals surface area contributed by atoms with Gasteiger partial charge in [0.25, 0.3) is 0 Å². The van der Waals surface area contributed by atoms with Gasteiger partial charge >= 0.3 is 0 Å². The van der Waals surface area contributed by atoms with Crippen molar-refractivity contribution in [2.75, 3.05) is 0 Å². The minimum atomic E-state index is -0.467. The predicted molar refractivity (Wildman–Crippen MR) is 207 cm³/mol. The molecular weight excluding hydrogens is 617 g/mol. The van der Waals surface area contributed by atoms with E-state index in [0.717, 1.165) is 17.1 Å². The molecule has 238 valence electrons. The van der Waals surface area contributed by atoms with Gasteiger partial charge in [-0.05, 0) is 85.0 Å². The van der Waals surface area contributed by atoms with Gasteiger partial charge in [0.2, 0.25) is 0 Å². The van der Waals surface area contributed by atoms with Crippen molar-refractivity contribution in [1.82, 2.24) is 0 Å². The van der Waals surface area contributed by atoms with Crippen LogP contribution in [0.4, 0.5) is 0 Å². The Bertz CT molecular complexity index is 2580. The zero-order valence-corrected chi connectivity index (χ0v) is 27.9. The average Bonchev–Trinajstić information content (AvgIpc) is 3.67. The highest BCUT2D eigenvalue weighted by atomic mass is 16.5. The van der Waals surface area contributed by atoms with Crippen LogP contribution in [0.2, 0.25) is 0 Å². The number of hydrogen-bond donors (Lipinski definition) is 0. The van der Waals surface area contributed by atoms with Crippen LogP contribution in [0, 0.1) is 0 Å².